The standard InChI is InChI=1S/C10H10N2O3S/c1-5-3-4-6(15-5)7-8(9(13)14-2)12-10(16)11-7/h3-4H,1-2H3,(H2,11,12,16). The van der Waals surface area contributed by atoms with Gasteiger partial charge in [-0.3, -0.25) is 0 Å². The molecule has 0 bridgehead atoms. The molecule has 0 radical (unpaired) electrons. The topological polar surface area (TPSA) is 71.0 Å². The second-order valence-corrected chi connectivity index (χ2v) is 3.64. The first-order valence-electron chi connectivity index (χ1n) is 4.59. The van der Waals surface area contributed by atoms with Gasteiger partial charge in [-0.2, -0.15) is 0 Å². The van der Waals surface area contributed by atoms with Crippen molar-refractivity contribution in [1.29, 1.82) is 0 Å². The second kappa shape index (κ2) is 3.97. The summed E-state index contributed by atoms with van der Waals surface area (Å²) in [6.07, 6.45) is 0. The van der Waals surface area contributed by atoms with Gasteiger partial charge in [-0.1, -0.05) is 0 Å². The van der Waals surface area contributed by atoms with Crippen LogP contribution in [0.3, 0.4) is 0 Å². The molecule has 16 heavy (non-hydrogen) atoms. The minimum atomic E-state index is -0.489. The fourth-order valence-corrected chi connectivity index (χ4v) is 1.60. The number of ether oxygens (including phenoxy) is 1. The third kappa shape index (κ3) is 1.79. The Labute approximate surface area is 96.4 Å². The minimum absolute atomic E-state index is 0.266. The minimum Gasteiger partial charge on any atom is -0.464 e. The number of carbonyl (C=O) groups is 1. The Balaban J connectivity index is 2.56. The summed E-state index contributed by atoms with van der Waals surface area (Å²) in [5.41, 5.74) is 0.770. The quantitative estimate of drug-likeness (QED) is 0.622. The Bertz CT molecular complexity index is 579. The van der Waals surface area contributed by atoms with E-state index in [1.54, 1.807) is 12.1 Å². The van der Waals surface area contributed by atoms with Crippen molar-refractivity contribution in [3.63, 3.8) is 0 Å². The van der Waals surface area contributed by atoms with E-state index in [-0.39, 0.29) is 5.69 Å². The van der Waals surface area contributed by atoms with Crippen LogP contribution in [-0.2, 0) is 4.74 Å². The van der Waals surface area contributed by atoms with Gasteiger partial charge < -0.3 is 19.1 Å². The van der Waals surface area contributed by atoms with Crippen LogP contribution in [0.25, 0.3) is 11.5 Å². The lowest BCUT2D eigenvalue weighted by molar-refractivity contribution is 0.0595. The van der Waals surface area contributed by atoms with Gasteiger partial charge in [0.05, 0.1) is 7.11 Å². The number of H-pyrrole nitrogens is 2. The monoisotopic (exact) mass is 238 g/mol. The number of hydrogen-bond donors (Lipinski definition) is 2. The Morgan fingerprint density at radius 1 is 1.44 bits per heavy atom. The molecule has 0 unspecified atom stereocenters. The molecule has 84 valence electrons. The fraction of sp³-hybridized carbons (Fsp3) is 0.200. The van der Waals surface area contributed by atoms with E-state index in [0.717, 1.165) is 5.76 Å². The molecule has 6 heteroatoms. The van der Waals surface area contributed by atoms with Crippen molar-refractivity contribution in [2.75, 3.05) is 7.11 Å². The number of aromatic amines is 2. The van der Waals surface area contributed by atoms with Gasteiger partial charge in [-0.15, -0.1) is 0 Å². The maximum Gasteiger partial charge on any atom is 0.356 e. The van der Waals surface area contributed by atoms with Crippen LogP contribution in [0.15, 0.2) is 16.5 Å². The number of aryl methyl sites for hydroxylation is 1. The van der Waals surface area contributed by atoms with Gasteiger partial charge in [0.15, 0.2) is 16.2 Å². The summed E-state index contributed by atoms with van der Waals surface area (Å²) in [5, 5.41) is 0. The van der Waals surface area contributed by atoms with E-state index in [2.05, 4.69) is 14.7 Å². The van der Waals surface area contributed by atoms with Gasteiger partial charge >= 0.3 is 5.97 Å². The van der Waals surface area contributed by atoms with E-state index >= 15 is 0 Å². The number of rotatable bonds is 2. The highest BCUT2D eigenvalue weighted by Crippen LogP contribution is 2.23. The summed E-state index contributed by atoms with van der Waals surface area (Å²) < 4.78 is 10.4. The van der Waals surface area contributed by atoms with Crippen molar-refractivity contribution in [2.45, 2.75) is 6.92 Å². The molecule has 0 aliphatic carbocycles. The average molecular weight is 238 g/mol. The lowest BCUT2D eigenvalue weighted by atomic mass is 10.2. The maximum atomic E-state index is 11.5. The van der Waals surface area contributed by atoms with Crippen LogP contribution < -0.4 is 0 Å². The van der Waals surface area contributed by atoms with Gasteiger partial charge in [0, 0.05) is 0 Å². The first-order chi connectivity index (χ1) is 7.61. The Kier molecular flexibility index (Phi) is 2.66. The molecule has 0 amide bonds. The van der Waals surface area contributed by atoms with Gasteiger partial charge in [0.2, 0.25) is 0 Å². The van der Waals surface area contributed by atoms with Gasteiger partial charge in [-0.25, -0.2) is 4.79 Å². The lowest BCUT2D eigenvalue weighted by Gasteiger charge is -1.98. The Hall–Kier alpha value is -1.82. The van der Waals surface area contributed by atoms with E-state index < -0.39 is 5.97 Å². The average Bonchev–Trinajstić information content (AvgIpc) is 2.83. The summed E-state index contributed by atoms with van der Waals surface area (Å²) in [6.45, 7) is 1.82. The molecule has 2 N–H and O–H groups in total. The lowest BCUT2D eigenvalue weighted by Crippen LogP contribution is -2.03. The van der Waals surface area contributed by atoms with Gasteiger partial charge in [-0.05, 0) is 31.3 Å². The predicted molar refractivity (Wildman–Crippen MR) is 59.8 cm³/mol. The zero-order valence-electron chi connectivity index (χ0n) is 8.79. The zero-order chi connectivity index (χ0) is 11.7. The molecular formula is C10H10N2O3S. The van der Waals surface area contributed by atoms with Crippen molar-refractivity contribution in [3.8, 4) is 11.5 Å². The van der Waals surface area contributed by atoms with Crippen LogP contribution in [0.4, 0.5) is 0 Å². The van der Waals surface area contributed by atoms with Crippen LogP contribution >= 0.6 is 12.2 Å². The van der Waals surface area contributed by atoms with Crippen molar-refractivity contribution in [1.82, 2.24) is 9.97 Å². The highest BCUT2D eigenvalue weighted by Gasteiger charge is 2.18. The van der Waals surface area contributed by atoms with Crippen molar-refractivity contribution >= 4 is 18.2 Å². The summed E-state index contributed by atoms with van der Waals surface area (Å²) in [4.78, 5) is 17.0. The van der Waals surface area contributed by atoms with Crippen LogP contribution in [0.5, 0.6) is 0 Å². The fourth-order valence-electron chi connectivity index (χ4n) is 1.39. The summed E-state index contributed by atoms with van der Waals surface area (Å²) in [7, 11) is 1.31. The molecule has 2 aromatic heterocycles. The summed E-state index contributed by atoms with van der Waals surface area (Å²) >= 11 is 4.93. The molecular weight excluding hydrogens is 228 g/mol. The number of imidazole rings is 1. The predicted octanol–water partition coefficient (Wildman–Crippen LogP) is 2.43. The molecule has 0 saturated heterocycles. The summed E-state index contributed by atoms with van der Waals surface area (Å²) in [6, 6.07) is 3.57. The first-order valence-corrected chi connectivity index (χ1v) is 5.00. The molecule has 5 nitrogen and oxygen atoms in total. The van der Waals surface area contributed by atoms with Crippen molar-refractivity contribution in [2.24, 2.45) is 0 Å². The molecule has 2 heterocycles. The maximum absolute atomic E-state index is 11.5. The van der Waals surface area contributed by atoms with E-state index in [1.165, 1.54) is 7.11 Å². The van der Waals surface area contributed by atoms with E-state index in [4.69, 9.17) is 16.6 Å². The van der Waals surface area contributed by atoms with Crippen LogP contribution in [0, 0.1) is 11.7 Å². The second-order valence-electron chi connectivity index (χ2n) is 3.23. The normalized spacial score (nSPS) is 10.4. The molecule has 0 aromatic carbocycles. The molecule has 0 aliphatic heterocycles. The first kappa shape index (κ1) is 10.7. The Morgan fingerprint density at radius 3 is 2.75 bits per heavy atom. The molecule has 2 rings (SSSR count). The van der Waals surface area contributed by atoms with Crippen molar-refractivity contribution in [3.05, 3.63) is 28.4 Å². The molecule has 0 fully saturated rings. The van der Waals surface area contributed by atoms with Crippen LogP contribution in [0.1, 0.15) is 16.2 Å². The zero-order valence-corrected chi connectivity index (χ0v) is 9.60. The molecule has 0 atom stereocenters. The highest BCUT2D eigenvalue weighted by atomic mass is 32.1. The van der Waals surface area contributed by atoms with Crippen LogP contribution in [-0.4, -0.2) is 23.0 Å². The number of furan rings is 1. The number of methoxy groups -OCH3 is 1. The number of aromatic nitrogens is 2. The molecule has 0 aliphatic rings. The molecule has 2 aromatic rings. The van der Waals surface area contributed by atoms with Crippen LogP contribution in [0.2, 0.25) is 0 Å². The third-order valence-electron chi connectivity index (χ3n) is 2.10. The Morgan fingerprint density at radius 2 is 2.19 bits per heavy atom. The van der Waals surface area contributed by atoms with Gasteiger partial charge in [0.1, 0.15) is 11.5 Å². The highest BCUT2D eigenvalue weighted by molar-refractivity contribution is 7.71. The van der Waals surface area contributed by atoms with Crippen molar-refractivity contribution < 1.29 is 13.9 Å². The third-order valence-corrected chi connectivity index (χ3v) is 2.31. The summed E-state index contributed by atoms with van der Waals surface area (Å²) in [5.74, 6) is 0.813. The number of carbonyl (C=O) groups excluding carboxylic acids is 1. The van der Waals surface area contributed by atoms with E-state index in [9.17, 15) is 4.79 Å². The number of hydrogen-bond acceptors (Lipinski definition) is 4. The van der Waals surface area contributed by atoms with Gasteiger partial charge in [0.25, 0.3) is 0 Å². The number of esters is 1. The van der Waals surface area contributed by atoms with E-state index in [1.807, 2.05) is 6.92 Å². The largest absolute Gasteiger partial charge is 0.464 e. The molecule has 0 saturated carbocycles. The number of nitrogens with one attached hydrogen (secondary N) is 2. The SMILES string of the molecule is COC(=O)c1[nH]c(=S)[nH]c1-c1ccc(C)o1. The smallest absolute Gasteiger partial charge is 0.356 e. The molecule has 0 spiro atoms. The van der Waals surface area contributed by atoms with E-state index in [0.29, 0.717) is 16.2 Å².